The number of carbonyl (C=O) groups excluding carboxylic acids is 1. The Hall–Kier alpha value is -2.83. The highest BCUT2D eigenvalue weighted by atomic mass is 32.2. The summed E-state index contributed by atoms with van der Waals surface area (Å²) in [6.07, 6.45) is 0. The zero-order valence-corrected chi connectivity index (χ0v) is 17.2. The van der Waals surface area contributed by atoms with Crippen molar-refractivity contribution in [2.75, 3.05) is 25.3 Å². The predicted molar refractivity (Wildman–Crippen MR) is 109 cm³/mol. The third-order valence-corrected chi connectivity index (χ3v) is 5.63. The minimum atomic E-state index is -4.02. The number of nitro groups is 1. The van der Waals surface area contributed by atoms with Crippen molar-refractivity contribution >= 4 is 39.1 Å². The first-order valence-electron chi connectivity index (χ1n) is 8.05. The van der Waals surface area contributed by atoms with Crippen LogP contribution >= 0.6 is 11.8 Å². The first kappa shape index (κ1) is 22.5. The zero-order valence-electron chi connectivity index (χ0n) is 15.6. The number of methoxy groups -OCH3 is 2. The Labute approximate surface area is 171 Å². The van der Waals surface area contributed by atoms with Crippen molar-refractivity contribution in [3.05, 3.63) is 52.1 Å². The Morgan fingerprint density at radius 3 is 2.41 bits per heavy atom. The number of ether oxygens (including phenoxy) is 2. The second-order valence-corrected chi connectivity index (χ2v) is 8.23. The Bertz CT molecular complexity index is 1030. The van der Waals surface area contributed by atoms with Gasteiger partial charge in [-0.25, -0.2) is 13.6 Å². The fourth-order valence-electron chi connectivity index (χ4n) is 2.40. The van der Waals surface area contributed by atoms with Gasteiger partial charge in [0.25, 0.3) is 0 Å². The molecule has 0 radical (unpaired) electrons. The molecule has 2 aromatic carbocycles. The molecule has 0 bridgehead atoms. The van der Waals surface area contributed by atoms with E-state index in [-0.39, 0.29) is 39.4 Å². The third-order valence-electron chi connectivity index (χ3n) is 3.70. The van der Waals surface area contributed by atoms with Crippen LogP contribution in [-0.2, 0) is 20.6 Å². The molecule has 3 N–H and O–H groups in total. The van der Waals surface area contributed by atoms with Gasteiger partial charge in [-0.1, -0.05) is 6.07 Å². The van der Waals surface area contributed by atoms with Crippen molar-refractivity contribution in [1.82, 2.24) is 0 Å². The topological polar surface area (TPSA) is 151 Å². The van der Waals surface area contributed by atoms with Gasteiger partial charge in [0.1, 0.15) is 10.6 Å². The van der Waals surface area contributed by atoms with Crippen molar-refractivity contribution in [2.45, 2.75) is 10.6 Å². The van der Waals surface area contributed by atoms with Gasteiger partial charge in [0.2, 0.25) is 15.9 Å². The molecule has 0 heterocycles. The summed E-state index contributed by atoms with van der Waals surface area (Å²) in [4.78, 5) is 22.4. The normalized spacial score (nSPS) is 11.0. The Morgan fingerprint density at radius 1 is 1.17 bits per heavy atom. The molecular weight excluding hydrogens is 422 g/mol. The highest BCUT2D eigenvalue weighted by molar-refractivity contribution is 7.99. The van der Waals surface area contributed by atoms with Gasteiger partial charge in [0, 0.05) is 17.5 Å². The molecule has 2 aromatic rings. The average molecular weight is 441 g/mol. The van der Waals surface area contributed by atoms with E-state index in [1.807, 2.05) is 0 Å². The van der Waals surface area contributed by atoms with Gasteiger partial charge in [0.15, 0.2) is 5.75 Å². The van der Waals surface area contributed by atoms with Crippen molar-refractivity contribution < 1.29 is 27.6 Å². The fourth-order valence-corrected chi connectivity index (χ4v) is 3.90. The van der Waals surface area contributed by atoms with Gasteiger partial charge in [-0.3, -0.25) is 14.9 Å². The molecule has 0 atom stereocenters. The van der Waals surface area contributed by atoms with Crippen molar-refractivity contribution in [1.29, 1.82) is 0 Å². The summed E-state index contributed by atoms with van der Waals surface area (Å²) in [5.41, 5.74) is 0.764. The number of nitrogens with zero attached hydrogens (tertiary/aromatic N) is 1. The molecule has 0 aliphatic rings. The number of thioether (sulfide) groups is 1. The second kappa shape index (κ2) is 9.58. The summed E-state index contributed by atoms with van der Waals surface area (Å²) < 4.78 is 33.2. The molecule has 0 fully saturated rings. The van der Waals surface area contributed by atoms with Gasteiger partial charge >= 0.3 is 5.69 Å². The SMILES string of the molecule is COc1ccc(CSCC(=O)Nc2ccc(OC)c(S(N)(=O)=O)c2)cc1[N+](=O)[O-]. The lowest BCUT2D eigenvalue weighted by Crippen LogP contribution is -2.17. The number of sulfonamides is 1. The van der Waals surface area contributed by atoms with E-state index < -0.39 is 14.9 Å². The number of hydrogen-bond acceptors (Lipinski definition) is 8. The monoisotopic (exact) mass is 441 g/mol. The molecule has 12 heteroatoms. The van der Waals surface area contributed by atoms with Gasteiger partial charge in [-0.05, 0) is 29.8 Å². The van der Waals surface area contributed by atoms with Crippen LogP contribution in [0, 0.1) is 10.1 Å². The lowest BCUT2D eigenvalue weighted by atomic mass is 10.2. The Morgan fingerprint density at radius 2 is 1.83 bits per heavy atom. The number of hydrogen-bond donors (Lipinski definition) is 2. The van der Waals surface area contributed by atoms with Crippen molar-refractivity contribution in [2.24, 2.45) is 5.14 Å². The molecule has 29 heavy (non-hydrogen) atoms. The highest BCUT2D eigenvalue weighted by Gasteiger charge is 2.17. The number of rotatable bonds is 9. The van der Waals surface area contributed by atoms with Crippen LogP contribution < -0.4 is 19.9 Å². The molecule has 0 saturated heterocycles. The van der Waals surface area contributed by atoms with E-state index in [1.54, 1.807) is 6.07 Å². The maximum atomic E-state index is 12.1. The summed E-state index contributed by atoms with van der Waals surface area (Å²) in [7, 11) is -1.36. The lowest BCUT2D eigenvalue weighted by Gasteiger charge is -2.10. The van der Waals surface area contributed by atoms with E-state index in [4.69, 9.17) is 14.6 Å². The Kier molecular flexibility index (Phi) is 7.42. The fraction of sp³-hybridized carbons (Fsp3) is 0.235. The predicted octanol–water partition coefficient (Wildman–Crippen LogP) is 2.13. The molecule has 0 spiro atoms. The number of carbonyl (C=O) groups is 1. The number of primary sulfonamides is 1. The molecule has 2 rings (SSSR count). The first-order valence-corrected chi connectivity index (χ1v) is 10.8. The van der Waals surface area contributed by atoms with Crippen LogP contribution in [0.5, 0.6) is 11.5 Å². The standard InChI is InChI=1S/C17H19N3O7S2/c1-26-14-5-3-11(7-13(14)20(22)23)9-28-10-17(21)19-12-4-6-15(27-2)16(8-12)29(18,24)25/h3-8H,9-10H2,1-2H3,(H,19,21)(H2,18,24,25). The number of benzene rings is 2. The molecule has 0 saturated carbocycles. The molecule has 0 aliphatic heterocycles. The van der Waals surface area contributed by atoms with E-state index in [1.165, 1.54) is 56.3 Å². The molecule has 0 unspecified atom stereocenters. The van der Waals surface area contributed by atoms with E-state index in [0.717, 1.165) is 0 Å². The number of nitrogens with two attached hydrogens (primary N) is 1. The molecule has 10 nitrogen and oxygen atoms in total. The number of amides is 1. The molecule has 156 valence electrons. The van der Waals surface area contributed by atoms with Crippen LogP contribution in [0.3, 0.4) is 0 Å². The summed E-state index contributed by atoms with van der Waals surface area (Å²) >= 11 is 1.24. The maximum Gasteiger partial charge on any atom is 0.311 e. The summed E-state index contributed by atoms with van der Waals surface area (Å²) in [5.74, 6) is 0.274. The quantitative estimate of drug-likeness (QED) is 0.444. The second-order valence-electron chi connectivity index (χ2n) is 5.71. The van der Waals surface area contributed by atoms with Crippen molar-refractivity contribution in [3.8, 4) is 11.5 Å². The smallest absolute Gasteiger partial charge is 0.311 e. The number of anilines is 1. The van der Waals surface area contributed by atoms with Crippen LogP contribution in [0.15, 0.2) is 41.3 Å². The molecular formula is C17H19N3O7S2. The number of nitrogens with one attached hydrogen (secondary N) is 1. The van der Waals surface area contributed by atoms with Gasteiger partial charge < -0.3 is 14.8 Å². The summed E-state index contributed by atoms with van der Waals surface area (Å²) in [5, 5.41) is 18.8. The van der Waals surface area contributed by atoms with Crippen LogP contribution in [0.1, 0.15) is 5.56 Å². The lowest BCUT2D eigenvalue weighted by molar-refractivity contribution is -0.385. The van der Waals surface area contributed by atoms with Crippen LogP contribution in [0.25, 0.3) is 0 Å². The third kappa shape index (κ3) is 6.07. The highest BCUT2D eigenvalue weighted by Crippen LogP contribution is 2.29. The largest absolute Gasteiger partial charge is 0.495 e. The zero-order chi connectivity index (χ0) is 21.6. The molecule has 0 aliphatic carbocycles. The minimum Gasteiger partial charge on any atom is -0.495 e. The summed E-state index contributed by atoms with van der Waals surface area (Å²) in [6.45, 7) is 0. The first-order chi connectivity index (χ1) is 13.7. The van der Waals surface area contributed by atoms with E-state index in [0.29, 0.717) is 11.3 Å². The summed E-state index contributed by atoms with van der Waals surface area (Å²) in [6, 6.07) is 8.66. The van der Waals surface area contributed by atoms with Crippen molar-refractivity contribution in [3.63, 3.8) is 0 Å². The van der Waals surface area contributed by atoms with E-state index in [2.05, 4.69) is 5.32 Å². The van der Waals surface area contributed by atoms with Crippen LogP contribution in [0.2, 0.25) is 0 Å². The average Bonchev–Trinajstić information content (AvgIpc) is 2.67. The number of nitro benzene ring substituents is 1. The molecule has 0 aromatic heterocycles. The molecule has 1 amide bonds. The van der Waals surface area contributed by atoms with Gasteiger partial charge in [0.05, 0.1) is 24.9 Å². The van der Waals surface area contributed by atoms with Gasteiger partial charge in [-0.2, -0.15) is 0 Å². The maximum absolute atomic E-state index is 12.1. The van der Waals surface area contributed by atoms with E-state index >= 15 is 0 Å². The minimum absolute atomic E-state index is 0.0521. The van der Waals surface area contributed by atoms with Crippen LogP contribution in [0.4, 0.5) is 11.4 Å². The van der Waals surface area contributed by atoms with Gasteiger partial charge in [-0.15, -0.1) is 11.8 Å². The van der Waals surface area contributed by atoms with E-state index in [9.17, 15) is 23.3 Å². The Balaban J connectivity index is 1.99. The van der Waals surface area contributed by atoms with Crippen LogP contribution in [-0.4, -0.2) is 39.2 Å².